The van der Waals surface area contributed by atoms with E-state index in [1.807, 2.05) is 18.2 Å². The van der Waals surface area contributed by atoms with Crippen LogP contribution in [0.5, 0.6) is 0 Å². The van der Waals surface area contributed by atoms with Gasteiger partial charge in [-0.2, -0.15) is 19.8 Å². The molecule has 0 amide bonds. The molecule has 214 valence electrons. The summed E-state index contributed by atoms with van der Waals surface area (Å²) in [7, 11) is -6.09. The second-order valence-corrected chi connectivity index (χ2v) is 9.15. The number of aromatic nitrogens is 5. The number of nitrogens with zero attached hydrogens (tertiary/aromatic N) is 5. The summed E-state index contributed by atoms with van der Waals surface area (Å²) in [5, 5.41) is 0. The van der Waals surface area contributed by atoms with Crippen molar-refractivity contribution in [3.05, 3.63) is 62.1 Å². The summed E-state index contributed by atoms with van der Waals surface area (Å²) in [6, 6.07) is 5.75. The van der Waals surface area contributed by atoms with Crippen LogP contribution in [0.25, 0.3) is 23.0 Å². The zero-order valence-corrected chi connectivity index (χ0v) is 23.8. The van der Waals surface area contributed by atoms with Crippen LogP contribution in [0, 0.1) is 6.67 Å². The number of halogens is 3. The van der Waals surface area contributed by atoms with Gasteiger partial charge in [0.15, 0.2) is 21.8 Å². The second-order valence-electron chi connectivity index (χ2n) is 7.78. The molecule has 4 heterocycles. The minimum atomic E-state index is -6.09. The second kappa shape index (κ2) is 16.3. The third kappa shape index (κ3) is 11.4. The standard InChI is InChI=1S/C11H9N5.C11H21N2.CHF3O3S.Au/c1-2-8(10-12-4-5-13-10)16-9(3-1)11-14-6-7-15-11;1-3-5-7-12-9-10-13(11-12)8-6-4-2;2-1(3,4)8(5,6)7;/h1-7H,(H,12,13)(H,14,15);9-11H,3-8H2,1-2H3;(H,5,6,7);/q;-1;;+1/p-1. The first-order valence-electron chi connectivity index (χ1n) is 11.6. The topological polar surface area (TPSA) is 134 Å². The molecule has 2 N–H and O–H groups in total. The number of H-pyrrole nitrogens is 2. The first-order valence-corrected chi connectivity index (χ1v) is 13.0. The van der Waals surface area contributed by atoms with Crippen molar-refractivity contribution in [2.45, 2.75) is 45.0 Å². The molecule has 15 heteroatoms. The van der Waals surface area contributed by atoms with Crippen LogP contribution in [0.1, 0.15) is 39.5 Å². The molecule has 4 rings (SSSR count). The molecular weight excluding hydrogens is 708 g/mol. The average molecular weight is 739 g/mol. The maximum Gasteiger partial charge on any atom is 1.00 e. The van der Waals surface area contributed by atoms with Crippen molar-refractivity contribution in [1.82, 2.24) is 34.7 Å². The molecule has 1 aliphatic heterocycles. The Labute approximate surface area is 236 Å². The Morgan fingerprint density at radius 3 is 1.66 bits per heavy atom. The minimum Gasteiger partial charge on any atom is -0.741 e. The molecule has 0 aliphatic carbocycles. The summed E-state index contributed by atoms with van der Waals surface area (Å²) < 4.78 is 58.9. The van der Waals surface area contributed by atoms with Crippen LogP contribution in [-0.2, 0) is 32.5 Å². The third-order valence-electron chi connectivity index (χ3n) is 4.80. The molecular formula is C23H30AuF3N7O3S-. The van der Waals surface area contributed by atoms with Crippen LogP contribution in [0.4, 0.5) is 13.2 Å². The van der Waals surface area contributed by atoms with Gasteiger partial charge in [0.2, 0.25) is 0 Å². The summed E-state index contributed by atoms with van der Waals surface area (Å²) in [5.74, 6) is 1.52. The zero-order chi connectivity index (χ0) is 27.3. The Hall–Kier alpha value is -2.65. The molecule has 10 nitrogen and oxygen atoms in total. The fourth-order valence-electron chi connectivity index (χ4n) is 2.89. The Kier molecular flexibility index (Phi) is 14.4. The number of hydrogen-bond acceptors (Lipinski definition) is 8. The van der Waals surface area contributed by atoms with E-state index in [-0.39, 0.29) is 22.4 Å². The molecule has 0 atom stereocenters. The fraction of sp³-hybridized carbons (Fsp3) is 0.391. The number of hydrogen-bond donors (Lipinski definition) is 2. The van der Waals surface area contributed by atoms with E-state index in [1.165, 1.54) is 25.7 Å². The summed E-state index contributed by atoms with van der Waals surface area (Å²) >= 11 is 0. The van der Waals surface area contributed by atoms with E-state index < -0.39 is 15.6 Å². The number of unbranched alkanes of at least 4 members (excludes halogenated alkanes) is 2. The molecule has 3 aromatic heterocycles. The number of nitrogens with one attached hydrogen (secondary N) is 2. The molecule has 0 spiro atoms. The van der Waals surface area contributed by atoms with Gasteiger partial charge in [-0.05, 0) is 50.5 Å². The van der Waals surface area contributed by atoms with Gasteiger partial charge < -0.3 is 24.3 Å². The average Bonchev–Trinajstić information content (AvgIpc) is 3.64. The van der Waals surface area contributed by atoms with Gasteiger partial charge in [0, 0.05) is 24.8 Å². The van der Waals surface area contributed by atoms with Gasteiger partial charge in [-0.1, -0.05) is 32.8 Å². The van der Waals surface area contributed by atoms with Crippen molar-refractivity contribution in [2.75, 3.05) is 13.1 Å². The maximum atomic E-state index is 10.7. The quantitative estimate of drug-likeness (QED) is 0.147. The van der Waals surface area contributed by atoms with Crippen LogP contribution in [0.15, 0.2) is 55.4 Å². The third-order valence-corrected chi connectivity index (χ3v) is 5.37. The van der Waals surface area contributed by atoms with E-state index in [2.05, 4.69) is 67.6 Å². The predicted molar refractivity (Wildman–Crippen MR) is 132 cm³/mol. The van der Waals surface area contributed by atoms with Crippen LogP contribution in [-0.4, -0.2) is 66.3 Å². The molecule has 0 aromatic carbocycles. The summed E-state index contributed by atoms with van der Waals surface area (Å²) in [6.45, 7) is 9.00. The van der Waals surface area contributed by atoms with E-state index in [0.717, 1.165) is 36.1 Å². The van der Waals surface area contributed by atoms with Crippen LogP contribution >= 0.6 is 0 Å². The Bertz CT molecular complexity index is 1110. The summed E-state index contributed by atoms with van der Waals surface area (Å²) in [6.07, 6.45) is 16.4. The molecule has 0 fully saturated rings. The van der Waals surface area contributed by atoms with Crippen molar-refractivity contribution in [1.29, 1.82) is 0 Å². The van der Waals surface area contributed by atoms with Gasteiger partial charge in [-0.25, -0.2) is 23.4 Å². The monoisotopic (exact) mass is 738 g/mol. The first-order chi connectivity index (χ1) is 17.5. The number of alkyl halides is 3. The summed E-state index contributed by atoms with van der Waals surface area (Å²) in [5.41, 5.74) is -4.04. The van der Waals surface area contributed by atoms with Gasteiger partial charge in [0.05, 0.1) is 0 Å². The fourth-order valence-corrected chi connectivity index (χ4v) is 2.89. The van der Waals surface area contributed by atoms with Crippen LogP contribution < -0.4 is 0 Å². The van der Waals surface area contributed by atoms with Crippen molar-refractivity contribution >= 4 is 10.1 Å². The number of pyridine rings is 1. The number of imidazole rings is 2. The Balaban J connectivity index is 0.000000299. The number of rotatable bonds is 8. The van der Waals surface area contributed by atoms with Crippen molar-refractivity contribution in [2.24, 2.45) is 0 Å². The molecule has 0 radical (unpaired) electrons. The Morgan fingerprint density at radius 1 is 0.921 bits per heavy atom. The van der Waals surface area contributed by atoms with Crippen molar-refractivity contribution in [3.63, 3.8) is 0 Å². The van der Waals surface area contributed by atoms with Gasteiger partial charge in [0.1, 0.15) is 11.4 Å². The van der Waals surface area contributed by atoms with Crippen LogP contribution in [0.2, 0.25) is 0 Å². The Morgan fingerprint density at radius 2 is 1.34 bits per heavy atom. The maximum absolute atomic E-state index is 10.7. The van der Waals surface area contributed by atoms with Crippen LogP contribution in [0.3, 0.4) is 0 Å². The minimum absolute atomic E-state index is 0. The normalized spacial score (nSPS) is 12.8. The summed E-state index contributed by atoms with van der Waals surface area (Å²) in [4.78, 5) is 23.4. The molecule has 0 saturated carbocycles. The molecule has 0 saturated heterocycles. The van der Waals surface area contributed by atoms with E-state index >= 15 is 0 Å². The number of aromatic amines is 2. The molecule has 0 unspecified atom stereocenters. The van der Waals surface area contributed by atoms with E-state index in [4.69, 9.17) is 13.0 Å². The van der Waals surface area contributed by atoms with E-state index in [0.29, 0.717) is 0 Å². The van der Waals surface area contributed by atoms with E-state index in [1.54, 1.807) is 24.8 Å². The van der Waals surface area contributed by atoms with E-state index in [9.17, 15) is 13.2 Å². The molecule has 1 aliphatic rings. The van der Waals surface area contributed by atoms with Gasteiger partial charge >= 0.3 is 27.9 Å². The smallest absolute Gasteiger partial charge is 0.741 e. The van der Waals surface area contributed by atoms with Gasteiger partial charge in [-0.3, -0.25) is 0 Å². The van der Waals surface area contributed by atoms with Crippen molar-refractivity contribution in [3.8, 4) is 23.0 Å². The van der Waals surface area contributed by atoms with Gasteiger partial charge in [-0.15, -0.1) is 0 Å². The molecule has 38 heavy (non-hydrogen) atoms. The predicted octanol–water partition coefficient (Wildman–Crippen LogP) is 4.71. The molecule has 0 bridgehead atoms. The largest absolute Gasteiger partial charge is 1.00 e. The van der Waals surface area contributed by atoms with Crippen molar-refractivity contribution < 1.29 is 48.5 Å². The molecule has 3 aromatic rings. The first kappa shape index (κ1) is 33.4. The van der Waals surface area contributed by atoms with Gasteiger partial charge in [0.25, 0.3) is 0 Å². The zero-order valence-electron chi connectivity index (χ0n) is 20.8. The SMILES string of the molecule is CCCCN1C=CN(CCCC)[CH-]1.O=S(=O)([O-])C(F)(F)F.[Au+].c1cc(-c2ncc[nH]2)nc(-c2ncc[nH]2)c1.